The predicted octanol–water partition coefficient (Wildman–Crippen LogP) is 0.624. The van der Waals surface area contributed by atoms with E-state index < -0.39 is 6.04 Å². The van der Waals surface area contributed by atoms with Crippen molar-refractivity contribution >= 4 is 5.91 Å². The lowest BCUT2D eigenvalue weighted by atomic mass is 10.1. The Morgan fingerprint density at radius 2 is 2.06 bits per heavy atom. The van der Waals surface area contributed by atoms with E-state index in [-0.39, 0.29) is 5.91 Å². The Labute approximate surface area is 109 Å². The standard InChI is InChI=1S/C14H23N3O/c1-3-17(2)10-9-16-14(18)13(15)11-12-7-5-4-6-8-12/h4-8,13H,3,9-11,15H2,1-2H3,(H,16,18)/t13-/m0/s1. The van der Waals surface area contributed by atoms with Gasteiger partial charge in [0.05, 0.1) is 6.04 Å². The number of hydrogen-bond donors (Lipinski definition) is 2. The molecule has 1 amide bonds. The molecule has 0 aliphatic rings. The molecule has 1 aromatic rings. The zero-order valence-corrected chi connectivity index (χ0v) is 11.2. The van der Waals surface area contributed by atoms with Crippen LogP contribution in [0.3, 0.4) is 0 Å². The third-order valence-electron chi connectivity index (χ3n) is 2.97. The van der Waals surface area contributed by atoms with E-state index in [0.29, 0.717) is 13.0 Å². The third kappa shape index (κ3) is 5.29. The Bertz CT molecular complexity index is 353. The van der Waals surface area contributed by atoms with Crippen LogP contribution in [0.15, 0.2) is 30.3 Å². The van der Waals surface area contributed by atoms with Crippen molar-refractivity contribution in [3.8, 4) is 0 Å². The highest BCUT2D eigenvalue weighted by Gasteiger charge is 2.13. The van der Waals surface area contributed by atoms with Gasteiger partial charge in [0.2, 0.25) is 5.91 Å². The van der Waals surface area contributed by atoms with E-state index in [2.05, 4.69) is 17.1 Å². The van der Waals surface area contributed by atoms with E-state index in [4.69, 9.17) is 5.73 Å². The first-order chi connectivity index (χ1) is 8.63. The fourth-order valence-electron chi connectivity index (χ4n) is 1.62. The van der Waals surface area contributed by atoms with Gasteiger partial charge in [0, 0.05) is 13.1 Å². The molecule has 1 atom stereocenters. The van der Waals surface area contributed by atoms with Gasteiger partial charge in [-0.05, 0) is 25.6 Å². The summed E-state index contributed by atoms with van der Waals surface area (Å²) in [6.45, 7) is 4.56. The van der Waals surface area contributed by atoms with E-state index in [1.54, 1.807) is 0 Å². The average molecular weight is 249 g/mol. The van der Waals surface area contributed by atoms with Crippen molar-refractivity contribution in [1.82, 2.24) is 10.2 Å². The first kappa shape index (κ1) is 14.7. The second kappa shape index (κ2) is 7.84. The molecule has 4 heteroatoms. The van der Waals surface area contributed by atoms with Crippen LogP contribution in [0.1, 0.15) is 12.5 Å². The van der Waals surface area contributed by atoms with Crippen LogP contribution >= 0.6 is 0 Å². The highest BCUT2D eigenvalue weighted by atomic mass is 16.2. The SMILES string of the molecule is CCN(C)CCNC(=O)[C@@H](N)Cc1ccccc1. The van der Waals surface area contributed by atoms with Gasteiger partial charge in [-0.15, -0.1) is 0 Å². The van der Waals surface area contributed by atoms with Gasteiger partial charge in [0.15, 0.2) is 0 Å². The molecular formula is C14H23N3O. The minimum atomic E-state index is -0.473. The smallest absolute Gasteiger partial charge is 0.237 e. The number of amides is 1. The van der Waals surface area contributed by atoms with Crippen LogP contribution in [-0.2, 0) is 11.2 Å². The van der Waals surface area contributed by atoms with Crippen molar-refractivity contribution in [2.45, 2.75) is 19.4 Å². The van der Waals surface area contributed by atoms with Gasteiger partial charge < -0.3 is 16.0 Å². The molecule has 0 aliphatic heterocycles. The second-order valence-electron chi connectivity index (χ2n) is 4.48. The Morgan fingerprint density at radius 1 is 1.39 bits per heavy atom. The molecule has 0 heterocycles. The molecule has 0 unspecified atom stereocenters. The largest absolute Gasteiger partial charge is 0.353 e. The Hall–Kier alpha value is -1.39. The predicted molar refractivity (Wildman–Crippen MR) is 74.3 cm³/mol. The van der Waals surface area contributed by atoms with Crippen molar-refractivity contribution in [3.63, 3.8) is 0 Å². The number of likely N-dealkylation sites (N-methyl/N-ethyl adjacent to an activating group) is 1. The van der Waals surface area contributed by atoms with Crippen molar-refractivity contribution in [1.29, 1.82) is 0 Å². The number of nitrogens with zero attached hydrogens (tertiary/aromatic N) is 1. The summed E-state index contributed by atoms with van der Waals surface area (Å²) in [7, 11) is 2.02. The molecule has 0 fully saturated rings. The number of hydrogen-bond acceptors (Lipinski definition) is 3. The zero-order valence-electron chi connectivity index (χ0n) is 11.2. The van der Waals surface area contributed by atoms with E-state index in [1.165, 1.54) is 0 Å². The molecule has 0 saturated carbocycles. The number of nitrogens with two attached hydrogens (primary N) is 1. The minimum Gasteiger partial charge on any atom is -0.353 e. The fraction of sp³-hybridized carbons (Fsp3) is 0.500. The lowest BCUT2D eigenvalue weighted by molar-refractivity contribution is -0.122. The number of rotatable bonds is 7. The lowest BCUT2D eigenvalue weighted by Gasteiger charge is -2.16. The van der Waals surface area contributed by atoms with Crippen molar-refractivity contribution < 1.29 is 4.79 Å². The van der Waals surface area contributed by atoms with Crippen LogP contribution < -0.4 is 11.1 Å². The van der Waals surface area contributed by atoms with Crippen molar-refractivity contribution in [2.24, 2.45) is 5.73 Å². The van der Waals surface area contributed by atoms with Gasteiger partial charge in [-0.2, -0.15) is 0 Å². The average Bonchev–Trinajstić information content (AvgIpc) is 2.39. The molecule has 0 spiro atoms. The minimum absolute atomic E-state index is 0.0802. The number of benzene rings is 1. The van der Waals surface area contributed by atoms with Crippen LogP contribution in [-0.4, -0.2) is 43.5 Å². The summed E-state index contributed by atoms with van der Waals surface area (Å²) in [5.74, 6) is -0.0802. The fourth-order valence-corrected chi connectivity index (χ4v) is 1.62. The highest BCUT2D eigenvalue weighted by molar-refractivity contribution is 5.81. The summed E-state index contributed by atoms with van der Waals surface area (Å²) >= 11 is 0. The van der Waals surface area contributed by atoms with Gasteiger partial charge in [-0.1, -0.05) is 37.3 Å². The van der Waals surface area contributed by atoms with Crippen LogP contribution in [0.5, 0.6) is 0 Å². The van der Waals surface area contributed by atoms with E-state index in [0.717, 1.165) is 18.7 Å². The maximum Gasteiger partial charge on any atom is 0.237 e. The second-order valence-corrected chi connectivity index (χ2v) is 4.48. The van der Waals surface area contributed by atoms with E-state index in [9.17, 15) is 4.79 Å². The topological polar surface area (TPSA) is 58.4 Å². The molecule has 1 aromatic carbocycles. The summed E-state index contributed by atoms with van der Waals surface area (Å²) in [6, 6.07) is 9.36. The molecule has 0 aromatic heterocycles. The molecule has 0 bridgehead atoms. The van der Waals surface area contributed by atoms with Crippen molar-refractivity contribution in [3.05, 3.63) is 35.9 Å². The maximum absolute atomic E-state index is 11.8. The van der Waals surface area contributed by atoms with E-state index >= 15 is 0 Å². The molecular weight excluding hydrogens is 226 g/mol. The highest BCUT2D eigenvalue weighted by Crippen LogP contribution is 2.01. The number of carbonyl (C=O) groups is 1. The van der Waals surface area contributed by atoms with Gasteiger partial charge in [-0.25, -0.2) is 0 Å². The Balaban J connectivity index is 2.29. The Kier molecular flexibility index (Phi) is 6.39. The number of carbonyl (C=O) groups excluding carboxylic acids is 1. The quantitative estimate of drug-likeness (QED) is 0.745. The van der Waals surface area contributed by atoms with Crippen LogP contribution in [0, 0.1) is 0 Å². The zero-order chi connectivity index (χ0) is 13.4. The summed E-state index contributed by atoms with van der Waals surface area (Å²) in [5, 5.41) is 2.86. The first-order valence-corrected chi connectivity index (χ1v) is 6.39. The first-order valence-electron chi connectivity index (χ1n) is 6.39. The normalized spacial score (nSPS) is 12.4. The molecule has 0 saturated heterocycles. The van der Waals surface area contributed by atoms with Crippen LogP contribution in [0.2, 0.25) is 0 Å². The monoisotopic (exact) mass is 249 g/mol. The molecule has 18 heavy (non-hydrogen) atoms. The third-order valence-corrected chi connectivity index (χ3v) is 2.97. The molecule has 100 valence electrons. The van der Waals surface area contributed by atoms with Crippen molar-refractivity contribution in [2.75, 3.05) is 26.7 Å². The number of nitrogens with one attached hydrogen (secondary N) is 1. The van der Waals surface area contributed by atoms with E-state index in [1.807, 2.05) is 37.4 Å². The molecule has 0 radical (unpaired) electrons. The summed E-state index contributed by atoms with van der Waals surface area (Å²) in [4.78, 5) is 13.9. The van der Waals surface area contributed by atoms with Gasteiger partial charge in [-0.3, -0.25) is 4.79 Å². The molecule has 1 rings (SSSR count). The summed E-state index contributed by atoms with van der Waals surface area (Å²) < 4.78 is 0. The van der Waals surface area contributed by atoms with Gasteiger partial charge >= 0.3 is 0 Å². The Morgan fingerprint density at radius 3 is 2.67 bits per heavy atom. The maximum atomic E-state index is 11.8. The molecule has 4 nitrogen and oxygen atoms in total. The lowest BCUT2D eigenvalue weighted by Crippen LogP contribution is -2.44. The van der Waals surface area contributed by atoms with Gasteiger partial charge in [0.25, 0.3) is 0 Å². The molecule has 0 aliphatic carbocycles. The summed E-state index contributed by atoms with van der Waals surface area (Å²) in [5.41, 5.74) is 6.96. The molecule has 3 N–H and O–H groups in total. The van der Waals surface area contributed by atoms with Crippen LogP contribution in [0.25, 0.3) is 0 Å². The van der Waals surface area contributed by atoms with Gasteiger partial charge in [0.1, 0.15) is 0 Å². The van der Waals surface area contributed by atoms with Crippen LogP contribution in [0.4, 0.5) is 0 Å². The summed E-state index contributed by atoms with van der Waals surface area (Å²) in [6.07, 6.45) is 0.580.